The van der Waals surface area contributed by atoms with Gasteiger partial charge in [-0.05, 0) is 43.5 Å². The molecule has 19 heavy (non-hydrogen) atoms. The molecule has 0 bridgehead atoms. The van der Waals surface area contributed by atoms with Crippen LogP contribution in [-0.2, 0) is 0 Å². The van der Waals surface area contributed by atoms with E-state index in [-0.39, 0.29) is 17.5 Å². The zero-order valence-corrected chi connectivity index (χ0v) is 11.9. The summed E-state index contributed by atoms with van der Waals surface area (Å²) in [5, 5.41) is 8.82. The van der Waals surface area contributed by atoms with Gasteiger partial charge >= 0.3 is 5.97 Å². The summed E-state index contributed by atoms with van der Waals surface area (Å²) in [7, 11) is 1.78. The molecular weight excluding hydrogens is 242 g/mol. The molecule has 0 fully saturated rings. The van der Waals surface area contributed by atoms with Gasteiger partial charge in [0.1, 0.15) is 0 Å². The van der Waals surface area contributed by atoms with Crippen LogP contribution < -0.4 is 0 Å². The molecule has 0 aliphatic heterocycles. The molecule has 0 spiro atoms. The highest BCUT2D eigenvalue weighted by Crippen LogP contribution is 2.13. The van der Waals surface area contributed by atoms with Gasteiger partial charge in [-0.15, -0.1) is 0 Å². The van der Waals surface area contributed by atoms with Gasteiger partial charge in [0.05, 0.1) is 5.56 Å². The fourth-order valence-corrected chi connectivity index (χ4v) is 2.00. The molecule has 1 N–H and O–H groups in total. The van der Waals surface area contributed by atoms with Crippen molar-refractivity contribution in [3.8, 4) is 0 Å². The second kappa shape index (κ2) is 6.36. The maximum absolute atomic E-state index is 12.2. The van der Waals surface area contributed by atoms with Crippen LogP contribution in [0.1, 0.15) is 47.9 Å². The predicted molar refractivity (Wildman–Crippen MR) is 74.4 cm³/mol. The quantitative estimate of drug-likeness (QED) is 0.888. The van der Waals surface area contributed by atoms with Gasteiger partial charge in [-0.3, -0.25) is 4.79 Å². The molecule has 0 saturated heterocycles. The van der Waals surface area contributed by atoms with E-state index in [4.69, 9.17) is 5.11 Å². The van der Waals surface area contributed by atoms with Crippen molar-refractivity contribution >= 4 is 11.9 Å². The Morgan fingerprint density at radius 2 is 1.58 bits per heavy atom. The standard InChI is InChI=1S/C15H21NO3/c1-10(2)9-11(3)16(4)14(17)12-5-7-13(8-6-12)15(18)19/h5-8,10-11H,9H2,1-4H3,(H,18,19). The minimum absolute atomic E-state index is 0.0786. The van der Waals surface area contributed by atoms with Crippen molar-refractivity contribution in [1.82, 2.24) is 4.90 Å². The SMILES string of the molecule is CC(C)CC(C)N(C)C(=O)c1ccc(C(=O)O)cc1. The number of hydrogen-bond acceptors (Lipinski definition) is 2. The third-order valence-corrected chi connectivity index (χ3v) is 3.17. The number of nitrogens with zero attached hydrogens (tertiary/aromatic N) is 1. The average molecular weight is 263 g/mol. The minimum Gasteiger partial charge on any atom is -0.478 e. The largest absolute Gasteiger partial charge is 0.478 e. The second-order valence-electron chi connectivity index (χ2n) is 5.28. The van der Waals surface area contributed by atoms with Gasteiger partial charge in [0.15, 0.2) is 0 Å². The second-order valence-corrected chi connectivity index (χ2v) is 5.28. The van der Waals surface area contributed by atoms with Crippen LogP contribution in [0.3, 0.4) is 0 Å². The van der Waals surface area contributed by atoms with Crippen LogP contribution in [0.15, 0.2) is 24.3 Å². The van der Waals surface area contributed by atoms with Gasteiger partial charge in [-0.1, -0.05) is 13.8 Å². The van der Waals surface area contributed by atoms with Crippen molar-refractivity contribution in [2.75, 3.05) is 7.05 Å². The number of benzene rings is 1. The van der Waals surface area contributed by atoms with E-state index in [0.29, 0.717) is 11.5 Å². The monoisotopic (exact) mass is 263 g/mol. The predicted octanol–water partition coefficient (Wildman–Crippen LogP) is 2.89. The highest BCUT2D eigenvalue weighted by atomic mass is 16.4. The highest BCUT2D eigenvalue weighted by Gasteiger charge is 2.18. The van der Waals surface area contributed by atoms with Crippen LogP contribution in [0.25, 0.3) is 0 Å². The number of hydrogen-bond donors (Lipinski definition) is 1. The Balaban J connectivity index is 2.79. The molecule has 4 nitrogen and oxygen atoms in total. The molecule has 1 rings (SSSR count). The fourth-order valence-electron chi connectivity index (χ4n) is 2.00. The van der Waals surface area contributed by atoms with E-state index in [1.807, 2.05) is 6.92 Å². The number of carboxylic acids is 1. The molecule has 1 atom stereocenters. The van der Waals surface area contributed by atoms with Crippen molar-refractivity contribution in [1.29, 1.82) is 0 Å². The van der Waals surface area contributed by atoms with E-state index in [1.165, 1.54) is 12.1 Å². The van der Waals surface area contributed by atoms with Crippen LogP contribution in [0, 0.1) is 5.92 Å². The minimum atomic E-state index is -0.986. The lowest BCUT2D eigenvalue weighted by Crippen LogP contribution is -2.35. The Morgan fingerprint density at radius 3 is 2.00 bits per heavy atom. The van der Waals surface area contributed by atoms with Crippen LogP contribution in [0.4, 0.5) is 0 Å². The lowest BCUT2D eigenvalue weighted by atomic mass is 10.0. The van der Waals surface area contributed by atoms with Crippen molar-refractivity contribution < 1.29 is 14.7 Å². The molecule has 1 aromatic carbocycles. The maximum Gasteiger partial charge on any atom is 0.335 e. The maximum atomic E-state index is 12.2. The zero-order chi connectivity index (χ0) is 14.6. The van der Waals surface area contributed by atoms with Gasteiger partial charge in [0.2, 0.25) is 0 Å². The van der Waals surface area contributed by atoms with E-state index in [0.717, 1.165) is 6.42 Å². The van der Waals surface area contributed by atoms with Crippen LogP contribution >= 0.6 is 0 Å². The molecule has 0 saturated carbocycles. The van der Waals surface area contributed by atoms with Crippen molar-refractivity contribution in [2.45, 2.75) is 33.2 Å². The van der Waals surface area contributed by atoms with Gasteiger partial charge in [-0.2, -0.15) is 0 Å². The van der Waals surface area contributed by atoms with Crippen molar-refractivity contribution in [3.05, 3.63) is 35.4 Å². The van der Waals surface area contributed by atoms with Gasteiger partial charge < -0.3 is 10.0 Å². The van der Waals surface area contributed by atoms with Gasteiger partial charge in [-0.25, -0.2) is 4.79 Å². The molecule has 0 aliphatic carbocycles. The summed E-state index contributed by atoms with van der Waals surface area (Å²) in [6.45, 7) is 6.26. The number of carboxylic acid groups (broad SMARTS) is 1. The first-order valence-corrected chi connectivity index (χ1v) is 6.43. The summed E-state index contributed by atoms with van der Waals surface area (Å²) < 4.78 is 0. The molecule has 0 aliphatic rings. The number of amides is 1. The average Bonchev–Trinajstić information content (AvgIpc) is 2.36. The van der Waals surface area contributed by atoms with E-state index in [1.54, 1.807) is 24.1 Å². The number of carbonyl (C=O) groups is 2. The molecular formula is C15H21NO3. The zero-order valence-electron chi connectivity index (χ0n) is 11.9. The summed E-state index contributed by atoms with van der Waals surface area (Å²) >= 11 is 0. The summed E-state index contributed by atoms with van der Waals surface area (Å²) in [5.41, 5.74) is 0.706. The van der Waals surface area contributed by atoms with E-state index >= 15 is 0 Å². The van der Waals surface area contributed by atoms with Crippen LogP contribution in [-0.4, -0.2) is 35.0 Å². The van der Waals surface area contributed by atoms with Gasteiger partial charge in [0.25, 0.3) is 5.91 Å². The Bertz CT molecular complexity index is 451. The van der Waals surface area contributed by atoms with Crippen molar-refractivity contribution in [2.24, 2.45) is 5.92 Å². The first kappa shape index (κ1) is 15.2. The van der Waals surface area contributed by atoms with Crippen molar-refractivity contribution in [3.63, 3.8) is 0 Å². The topological polar surface area (TPSA) is 57.6 Å². The Kier molecular flexibility index (Phi) is 5.10. The molecule has 1 aromatic rings. The number of rotatable bonds is 5. The smallest absolute Gasteiger partial charge is 0.335 e. The molecule has 0 radical (unpaired) electrons. The molecule has 1 amide bonds. The van der Waals surface area contributed by atoms with Crippen LogP contribution in [0.2, 0.25) is 0 Å². The number of carbonyl (C=O) groups excluding carboxylic acids is 1. The summed E-state index contributed by atoms with van der Waals surface area (Å²) in [4.78, 5) is 24.7. The highest BCUT2D eigenvalue weighted by molar-refractivity contribution is 5.95. The fraction of sp³-hybridized carbons (Fsp3) is 0.467. The number of aromatic carboxylic acids is 1. The first-order chi connectivity index (χ1) is 8.82. The Morgan fingerprint density at radius 1 is 1.11 bits per heavy atom. The Hall–Kier alpha value is -1.84. The summed E-state index contributed by atoms with van der Waals surface area (Å²) in [5.74, 6) is -0.537. The molecule has 1 unspecified atom stereocenters. The summed E-state index contributed by atoms with van der Waals surface area (Å²) in [6, 6.07) is 6.19. The van der Waals surface area contributed by atoms with E-state index in [9.17, 15) is 9.59 Å². The third-order valence-electron chi connectivity index (χ3n) is 3.17. The molecule has 0 heterocycles. The third kappa shape index (κ3) is 4.09. The normalized spacial score (nSPS) is 12.3. The summed E-state index contributed by atoms with van der Waals surface area (Å²) in [6.07, 6.45) is 0.940. The van der Waals surface area contributed by atoms with Gasteiger partial charge in [0, 0.05) is 18.7 Å². The Labute approximate surface area is 114 Å². The molecule has 104 valence electrons. The lowest BCUT2D eigenvalue weighted by Gasteiger charge is -2.26. The molecule has 0 aromatic heterocycles. The first-order valence-electron chi connectivity index (χ1n) is 6.43. The lowest BCUT2D eigenvalue weighted by molar-refractivity contribution is 0.0691. The van der Waals surface area contributed by atoms with Crippen LogP contribution in [0.5, 0.6) is 0 Å². The van der Waals surface area contributed by atoms with E-state index < -0.39 is 5.97 Å². The molecule has 4 heteroatoms. The van der Waals surface area contributed by atoms with E-state index in [2.05, 4.69) is 13.8 Å².